The number of ether oxygens (including phenoxy) is 1. The monoisotopic (exact) mass is 248 g/mol. The van der Waals surface area contributed by atoms with Gasteiger partial charge >= 0.3 is 6.18 Å². The van der Waals surface area contributed by atoms with Crippen LogP contribution in [0.4, 0.5) is 24.5 Å². The third-order valence-corrected chi connectivity index (χ3v) is 1.88. The van der Waals surface area contributed by atoms with E-state index in [0.717, 1.165) is 0 Å². The van der Waals surface area contributed by atoms with Gasteiger partial charge in [0.25, 0.3) is 0 Å². The standard InChI is InChI=1S/C10H11F3N2O2/c1-17-8-4-6(2-3-7(8)14)15-9(16)5-10(11,12)13/h2-4H,5,14H2,1H3,(H,15,16). The van der Waals surface area contributed by atoms with Crippen molar-refractivity contribution in [2.75, 3.05) is 18.2 Å². The molecule has 0 heterocycles. The molecule has 0 bridgehead atoms. The van der Waals surface area contributed by atoms with E-state index in [2.05, 4.69) is 5.32 Å². The van der Waals surface area contributed by atoms with Gasteiger partial charge in [-0.05, 0) is 12.1 Å². The van der Waals surface area contributed by atoms with Crippen molar-refractivity contribution in [2.24, 2.45) is 0 Å². The molecule has 17 heavy (non-hydrogen) atoms. The summed E-state index contributed by atoms with van der Waals surface area (Å²) in [5.74, 6) is -0.848. The zero-order valence-corrected chi connectivity index (χ0v) is 8.97. The van der Waals surface area contributed by atoms with Crippen molar-refractivity contribution in [3.05, 3.63) is 18.2 Å². The van der Waals surface area contributed by atoms with Crippen LogP contribution in [0, 0.1) is 0 Å². The highest BCUT2D eigenvalue weighted by Crippen LogP contribution is 2.26. The van der Waals surface area contributed by atoms with Gasteiger partial charge in [0.2, 0.25) is 5.91 Å². The highest BCUT2D eigenvalue weighted by atomic mass is 19.4. The summed E-state index contributed by atoms with van der Waals surface area (Å²) >= 11 is 0. The number of rotatable bonds is 3. The van der Waals surface area contributed by atoms with E-state index in [1.807, 2.05) is 0 Å². The lowest BCUT2D eigenvalue weighted by atomic mass is 10.2. The van der Waals surface area contributed by atoms with E-state index in [1.54, 1.807) is 0 Å². The average Bonchev–Trinajstić information content (AvgIpc) is 2.18. The highest BCUT2D eigenvalue weighted by Gasteiger charge is 2.31. The van der Waals surface area contributed by atoms with Crippen LogP contribution < -0.4 is 15.8 Å². The van der Waals surface area contributed by atoms with Crippen LogP contribution >= 0.6 is 0 Å². The Balaban J connectivity index is 2.72. The molecule has 94 valence electrons. The predicted octanol–water partition coefficient (Wildman–Crippen LogP) is 2.17. The number of nitrogens with one attached hydrogen (secondary N) is 1. The topological polar surface area (TPSA) is 64.3 Å². The molecule has 0 aliphatic rings. The van der Waals surface area contributed by atoms with Crippen LogP contribution in [-0.4, -0.2) is 19.2 Å². The van der Waals surface area contributed by atoms with E-state index in [9.17, 15) is 18.0 Å². The van der Waals surface area contributed by atoms with Gasteiger partial charge in [-0.15, -0.1) is 0 Å². The first-order valence-corrected chi connectivity index (χ1v) is 4.62. The second kappa shape index (κ2) is 4.94. The number of benzene rings is 1. The van der Waals surface area contributed by atoms with Crippen molar-refractivity contribution in [1.82, 2.24) is 0 Å². The number of halogens is 3. The van der Waals surface area contributed by atoms with Gasteiger partial charge in [0, 0.05) is 11.8 Å². The lowest BCUT2D eigenvalue weighted by molar-refractivity contribution is -0.150. The molecule has 0 aliphatic heterocycles. The minimum atomic E-state index is -4.53. The van der Waals surface area contributed by atoms with Gasteiger partial charge in [0.15, 0.2) is 0 Å². The summed E-state index contributed by atoms with van der Waals surface area (Å²) in [6, 6.07) is 4.18. The molecular formula is C10H11F3N2O2. The SMILES string of the molecule is COc1cc(NC(=O)CC(F)(F)F)ccc1N. The van der Waals surface area contributed by atoms with Crippen LogP contribution in [0.1, 0.15) is 6.42 Å². The molecule has 4 nitrogen and oxygen atoms in total. The van der Waals surface area contributed by atoms with Crippen molar-refractivity contribution in [3.8, 4) is 5.75 Å². The number of carbonyl (C=O) groups excluding carboxylic acids is 1. The number of carbonyl (C=O) groups is 1. The van der Waals surface area contributed by atoms with Gasteiger partial charge in [0.1, 0.15) is 12.2 Å². The van der Waals surface area contributed by atoms with E-state index in [4.69, 9.17) is 10.5 Å². The van der Waals surface area contributed by atoms with Crippen molar-refractivity contribution in [3.63, 3.8) is 0 Å². The Morgan fingerprint density at radius 2 is 2.12 bits per heavy atom. The molecule has 0 aliphatic carbocycles. The fourth-order valence-electron chi connectivity index (χ4n) is 1.18. The first kappa shape index (κ1) is 13.1. The predicted molar refractivity (Wildman–Crippen MR) is 56.7 cm³/mol. The Bertz CT molecular complexity index is 419. The lowest BCUT2D eigenvalue weighted by Gasteiger charge is -2.10. The third kappa shape index (κ3) is 4.21. The Kier molecular flexibility index (Phi) is 3.82. The summed E-state index contributed by atoms with van der Waals surface area (Å²) in [4.78, 5) is 11.0. The fourth-order valence-corrected chi connectivity index (χ4v) is 1.18. The van der Waals surface area contributed by atoms with Gasteiger partial charge < -0.3 is 15.8 Å². The van der Waals surface area contributed by atoms with Gasteiger partial charge in [-0.3, -0.25) is 4.79 Å². The molecule has 0 atom stereocenters. The minimum Gasteiger partial charge on any atom is -0.495 e. The van der Waals surface area contributed by atoms with E-state index in [-0.39, 0.29) is 11.4 Å². The van der Waals surface area contributed by atoms with Crippen molar-refractivity contribution < 1.29 is 22.7 Å². The number of anilines is 2. The maximum absolute atomic E-state index is 11.9. The fraction of sp³-hybridized carbons (Fsp3) is 0.300. The molecule has 0 fully saturated rings. The van der Waals surface area contributed by atoms with Crippen LogP contribution in [0.2, 0.25) is 0 Å². The number of amides is 1. The first-order valence-electron chi connectivity index (χ1n) is 4.62. The number of methoxy groups -OCH3 is 1. The Labute approximate surface area is 95.6 Å². The molecule has 7 heteroatoms. The number of nitrogen functional groups attached to an aromatic ring is 1. The average molecular weight is 248 g/mol. The summed E-state index contributed by atoms with van der Waals surface area (Å²) in [6.45, 7) is 0. The molecule has 1 aromatic carbocycles. The van der Waals surface area contributed by atoms with Crippen molar-refractivity contribution in [2.45, 2.75) is 12.6 Å². The van der Waals surface area contributed by atoms with Gasteiger partial charge in [-0.1, -0.05) is 0 Å². The van der Waals surface area contributed by atoms with E-state index >= 15 is 0 Å². The molecule has 0 aromatic heterocycles. The van der Waals surface area contributed by atoms with E-state index in [0.29, 0.717) is 5.69 Å². The van der Waals surface area contributed by atoms with Crippen LogP contribution in [0.25, 0.3) is 0 Å². The Hall–Kier alpha value is -1.92. The van der Waals surface area contributed by atoms with Crippen LogP contribution in [-0.2, 0) is 4.79 Å². The number of hydrogen-bond donors (Lipinski definition) is 2. The molecule has 0 saturated heterocycles. The molecule has 1 amide bonds. The Morgan fingerprint density at radius 3 is 2.65 bits per heavy atom. The quantitative estimate of drug-likeness (QED) is 0.806. The zero-order chi connectivity index (χ0) is 13.1. The van der Waals surface area contributed by atoms with Gasteiger partial charge in [-0.2, -0.15) is 13.2 Å². The lowest BCUT2D eigenvalue weighted by Crippen LogP contribution is -2.21. The summed E-state index contributed by atoms with van der Waals surface area (Å²) in [5.41, 5.74) is 6.05. The van der Waals surface area contributed by atoms with Crippen LogP contribution in [0.3, 0.4) is 0 Å². The van der Waals surface area contributed by atoms with E-state index < -0.39 is 18.5 Å². The molecule has 1 aromatic rings. The second-order valence-corrected chi connectivity index (χ2v) is 3.30. The second-order valence-electron chi connectivity index (χ2n) is 3.30. The number of alkyl halides is 3. The first-order chi connectivity index (χ1) is 7.81. The van der Waals surface area contributed by atoms with Crippen molar-refractivity contribution >= 4 is 17.3 Å². The van der Waals surface area contributed by atoms with Crippen LogP contribution in [0.5, 0.6) is 5.75 Å². The minimum absolute atomic E-state index is 0.199. The highest BCUT2D eigenvalue weighted by molar-refractivity contribution is 5.91. The molecule has 0 unspecified atom stereocenters. The largest absolute Gasteiger partial charge is 0.495 e. The molecule has 0 saturated carbocycles. The molecular weight excluding hydrogens is 237 g/mol. The summed E-state index contributed by atoms with van der Waals surface area (Å²) in [6.07, 6.45) is -6.05. The maximum atomic E-state index is 11.9. The zero-order valence-electron chi connectivity index (χ0n) is 8.97. The smallest absolute Gasteiger partial charge is 0.397 e. The van der Waals surface area contributed by atoms with Gasteiger partial charge in [0.05, 0.1) is 12.8 Å². The molecule has 0 spiro atoms. The Morgan fingerprint density at radius 1 is 1.47 bits per heavy atom. The third-order valence-electron chi connectivity index (χ3n) is 1.88. The molecule has 0 radical (unpaired) electrons. The maximum Gasteiger partial charge on any atom is 0.397 e. The van der Waals surface area contributed by atoms with E-state index in [1.165, 1.54) is 25.3 Å². The number of nitrogens with two attached hydrogens (primary N) is 1. The van der Waals surface area contributed by atoms with Gasteiger partial charge in [-0.25, -0.2) is 0 Å². The molecule has 3 N–H and O–H groups in total. The summed E-state index contributed by atoms with van der Waals surface area (Å²) < 4.78 is 40.6. The number of hydrogen-bond acceptors (Lipinski definition) is 3. The summed E-state index contributed by atoms with van der Waals surface area (Å²) in [5, 5.41) is 2.11. The summed E-state index contributed by atoms with van der Waals surface area (Å²) in [7, 11) is 1.37. The molecule has 1 rings (SSSR count). The normalized spacial score (nSPS) is 11.1. The van der Waals surface area contributed by atoms with Crippen LogP contribution in [0.15, 0.2) is 18.2 Å². The van der Waals surface area contributed by atoms with Crippen molar-refractivity contribution in [1.29, 1.82) is 0 Å².